The Labute approximate surface area is 172 Å². The van der Waals surface area contributed by atoms with Gasteiger partial charge in [-0.2, -0.15) is 10.2 Å². The number of hydrogen-bond acceptors (Lipinski definition) is 7. The van der Waals surface area contributed by atoms with Crippen molar-refractivity contribution in [2.75, 3.05) is 19.0 Å². The van der Waals surface area contributed by atoms with E-state index in [1.807, 2.05) is 54.7 Å². The van der Waals surface area contributed by atoms with Crippen LogP contribution in [0.25, 0.3) is 16.8 Å². The third-order valence-corrected chi connectivity index (χ3v) is 4.54. The van der Waals surface area contributed by atoms with Gasteiger partial charge >= 0.3 is 0 Å². The zero-order valence-electron chi connectivity index (χ0n) is 16.2. The summed E-state index contributed by atoms with van der Waals surface area (Å²) in [6.45, 7) is -0.0853. The van der Waals surface area contributed by atoms with Crippen molar-refractivity contribution in [2.45, 2.75) is 6.61 Å². The second kappa shape index (κ2) is 8.51. The summed E-state index contributed by atoms with van der Waals surface area (Å²) in [7, 11) is 1.56. The van der Waals surface area contributed by atoms with Gasteiger partial charge in [-0.05, 0) is 35.9 Å². The number of nitriles is 1. The molecule has 0 bridgehead atoms. The molecule has 0 radical (unpaired) electrons. The molecule has 2 N–H and O–H groups in total. The Balaban J connectivity index is 1.63. The van der Waals surface area contributed by atoms with E-state index in [4.69, 9.17) is 14.7 Å². The molecule has 0 aliphatic rings. The van der Waals surface area contributed by atoms with E-state index < -0.39 is 0 Å². The quantitative estimate of drug-likeness (QED) is 0.488. The average molecular weight is 401 g/mol. The summed E-state index contributed by atoms with van der Waals surface area (Å²) in [5, 5.41) is 25.7. The Kier molecular flexibility index (Phi) is 5.46. The molecule has 30 heavy (non-hydrogen) atoms. The van der Waals surface area contributed by atoms with Crippen LogP contribution in [-0.4, -0.2) is 33.4 Å². The lowest BCUT2D eigenvalue weighted by Gasteiger charge is -2.08. The first-order chi connectivity index (χ1) is 14.7. The van der Waals surface area contributed by atoms with Crippen molar-refractivity contribution in [3.63, 3.8) is 0 Å². The van der Waals surface area contributed by atoms with Crippen molar-refractivity contribution < 1.29 is 14.6 Å². The van der Waals surface area contributed by atoms with E-state index in [9.17, 15) is 5.11 Å². The predicted octanol–water partition coefficient (Wildman–Crippen LogP) is 3.54. The van der Waals surface area contributed by atoms with Gasteiger partial charge in [0.05, 0.1) is 13.7 Å². The number of pyridine rings is 1. The van der Waals surface area contributed by atoms with E-state index in [0.29, 0.717) is 28.7 Å². The molecule has 0 fully saturated rings. The number of nitrogens with one attached hydrogen (secondary N) is 1. The Hall–Kier alpha value is -4.09. The molecular weight excluding hydrogens is 382 g/mol. The highest BCUT2D eigenvalue weighted by Crippen LogP contribution is 2.28. The zero-order chi connectivity index (χ0) is 20.9. The van der Waals surface area contributed by atoms with Gasteiger partial charge in [-0.25, -0.2) is 4.52 Å². The first kappa shape index (κ1) is 19.2. The van der Waals surface area contributed by atoms with Crippen LogP contribution in [-0.2, 0) is 6.61 Å². The molecular formula is C22H19N5O3. The lowest BCUT2D eigenvalue weighted by Crippen LogP contribution is -1.96. The van der Waals surface area contributed by atoms with Crippen LogP contribution >= 0.6 is 0 Å². The number of aliphatic hydroxyl groups is 1. The fraction of sp³-hybridized carbons (Fsp3) is 0.136. The molecule has 0 aliphatic heterocycles. The van der Waals surface area contributed by atoms with Crippen molar-refractivity contribution in [3.8, 4) is 28.7 Å². The minimum atomic E-state index is -0.0975. The summed E-state index contributed by atoms with van der Waals surface area (Å²) < 4.78 is 12.3. The van der Waals surface area contributed by atoms with Gasteiger partial charge in [0.1, 0.15) is 17.6 Å². The predicted molar refractivity (Wildman–Crippen MR) is 112 cm³/mol. The minimum Gasteiger partial charge on any atom is -0.496 e. The van der Waals surface area contributed by atoms with Gasteiger partial charge in [-0.3, -0.25) is 0 Å². The lowest BCUT2D eigenvalue weighted by molar-refractivity contribution is 0.274. The standard InChI is InChI=1S/C22H19N5O3/c1-29-20-13-17(7-4-16(20)14-28)24-22-25-21-19(3-2-11-27(21)26-22)15-5-8-18(9-6-15)30-12-10-23/h2-9,11,13,28H,12,14H2,1H3,(H,24,26). The molecule has 2 heterocycles. The van der Waals surface area contributed by atoms with Gasteiger partial charge in [0.25, 0.3) is 0 Å². The fourth-order valence-electron chi connectivity index (χ4n) is 3.11. The average Bonchev–Trinajstić information content (AvgIpc) is 3.20. The van der Waals surface area contributed by atoms with Crippen LogP contribution in [0.15, 0.2) is 60.8 Å². The van der Waals surface area contributed by atoms with Crippen LogP contribution in [0.1, 0.15) is 5.56 Å². The fourth-order valence-corrected chi connectivity index (χ4v) is 3.11. The molecule has 0 saturated heterocycles. The topological polar surface area (TPSA) is 105 Å². The maximum absolute atomic E-state index is 9.37. The summed E-state index contributed by atoms with van der Waals surface area (Å²) in [6.07, 6.45) is 1.83. The second-order valence-electron chi connectivity index (χ2n) is 6.41. The molecule has 0 saturated carbocycles. The van der Waals surface area contributed by atoms with Gasteiger partial charge in [-0.1, -0.05) is 18.2 Å². The third kappa shape index (κ3) is 3.87. The Morgan fingerprint density at radius 3 is 2.73 bits per heavy atom. The van der Waals surface area contributed by atoms with E-state index in [1.165, 1.54) is 0 Å². The molecule has 4 rings (SSSR count). The maximum Gasteiger partial charge on any atom is 0.247 e. The molecule has 0 spiro atoms. The highest BCUT2D eigenvalue weighted by molar-refractivity contribution is 5.78. The highest BCUT2D eigenvalue weighted by atomic mass is 16.5. The van der Waals surface area contributed by atoms with Crippen molar-refractivity contribution in [1.82, 2.24) is 14.6 Å². The number of methoxy groups -OCH3 is 1. The number of aromatic nitrogens is 3. The van der Waals surface area contributed by atoms with Crippen LogP contribution in [0.2, 0.25) is 0 Å². The molecule has 8 nitrogen and oxygen atoms in total. The Morgan fingerprint density at radius 2 is 2.00 bits per heavy atom. The molecule has 0 atom stereocenters. The molecule has 0 amide bonds. The number of fused-ring (bicyclic) bond motifs is 1. The van der Waals surface area contributed by atoms with E-state index in [-0.39, 0.29) is 13.2 Å². The van der Waals surface area contributed by atoms with Crippen LogP contribution < -0.4 is 14.8 Å². The summed E-state index contributed by atoms with van der Waals surface area (Å²) in [5.41, 5.74) is 4.02. The number of rotatable bonds is 7. The second-order valence-corrected chi connectivity index (χ2v) is 6.41. The van der Waals surface area contributed by atoms with Gasteiger partial charge < -0.3 is 19.9 Å². The summed E-state index contributed by atoms with van der Waals surface area (Å²) in [5.74, 6) is 1.66. The smallest absolute Gasteiger partial charge is 0.247 e. The van der Waals surface area contributed by atoms with Gasteiger partial charge in [0, 0.05) is 29.1 Å². The van der Waals surface area contributed by atoms with Crippen molar-refractivity contribution in [1.29, 1.82) is 5.26 Å². The molecule has 2 aromatic heterocycles. The van der Waals surface area contributed by atoms with Crippen molar-refractivity contribution in [2.24, 2.45) is 0 Å². The highest BCUT2D eigenvalue weighted by Gasteiger charge is 2.11. The van der Waals surface area contributed by atoms with Gasteiger partial charge in [0.15, 0.2) is 12.3 Å². The normalized spacial score (nSPS) is 10.6. The van der Waals surface area contributed by atoms with Crippen LogP contribution in [0.4, 0.5) is 11.6 Å². The van der Waals surface area contributed by atoms with Crippen molar-refractivity contribution >= 4 is 17.3 Å². The molecule has 150 valence electrons. The zero-order valence-corrected chi connectivity index (χ0v) is 16.2. The van der Waals surface area contributed by atoms with E-state index in [0.717, 1.165) is 16.8 Å². The Morgan fingerprint density at radius 1 is 1.17 bits per heavy atom. The van der Waals surface area contributed by atoms with E-state index >= 15 is 0 Å². The summed E-state index contributed by atoms with van der Waals surface area (Å²) in [4.78, 5) is 4.63. The monoisotopic (exact) mass is 401 g/mol. The van der Waals surface area contributed by atoms with Crippen LogP contribution in [0.3, 0.4) is 0 Å². The SMILES string of the molecule is COc1cc(Nc2nc3c(-c4ccc(OCC#N)cc4)cccn3n2)ccc1CO. The number of anilines is 2. The molecule has 8 heteroatoms. The lowest BCUT2D eigenvalue weighted by atomic mass is 10.1. The van der Waals surface area contributed by atoms with Crippen molar-refractivity contribution in [3.05, 3.63) is 66.4 Å². The summed E-state index contributed by atoms with van der Waals surface area (Å²) >= 11 is 0. The first-order valence-electron chi connectivity index (χ1n) is 9.22. The Bertz CT molecular complexity index is 1210. The molecule has 4 aromatic rings. The van der Waals surface area contributed by atoms with Crippen LogP contribution in [0, 0.1) is 11.3 Å². The number of aliphatic hydroxyl groups excluding tert-OH is 1. The first-order valence-corrected chi connectivity index (χ1v) is 9.22. The minimum absolute atomic E-state index is 0.0121. The van der Waals surface area contributed by atoms with Gasteiger partial charge in [-0.15, -0.1) is 5.10 Å². The molecule has 0 aliphatic carbocycles. The number of benzene rings is 2. The number of nitrogens with zero attached hydrogens (tertiary/aromatic N) is 4. The molecule has 2 aromatic carbocycles. The largest absolute Gasteiger partial charge is 0.496 e. The number of ether oxygens (including phenoxy) is 2. The molecule has 0 unspecified atom stereocenters. The van der Waals surface area contributed by atoms with Gasteiger partial charge in [0.2, 0.25) is 5.95 Å². The van der Waals surface area contributed by atoms with E-state index in [2.05, 4.69) is 15.4 Å². The van der Waals surface area contributed by atoms with E-state index in [1.54, 1.807) is 23.8 Å². The number of hydrogen-bond donors (Lipinski definition) is 2. The third-order valence-electron chi connectivity index (χ3n) is 4.54. The maximum atomic E-state index is 9.37. The summed E-state index contributed by atoms with van der Waals surface area (Å²) in [6, 6.07) is 18.7. The van der Waals surface area contributed by atoms with Crippen LogP contribution in [0.5, 0.6) is 11.5 Å².